The second kappa shape index (κ2) is 7.87. The summed E-state index contributed by atoms with van der Waals surface area (Å²) >= 11 is 18.6. The number of pyridine rings is 1. The molecule has 148 valence electrons. The monoisotopic (exact) mass is 435 g/mol. The first kappa shape index (κ1) is 20.0. The van der Waals surface area contributed by atoms with Crippen molar-refractivity contribution in [1.82, 2.24) is 14.9 Å². The summed E-state index contributed by atoms with van der Waals surface area (Å²) in [5.41, 5.74) is 8.62. The number of benzene rings is 1. The maximum absolute atomic E-state index is 6.19. The molecule has 2 aromatic heterocycles. The van der Waals surface area contributed by atoms with Crippen LogP contribution in [-0.2, 0) is 32.4 Å². The van der Waals surface area contributed by atoms with E-state index < -0.39 is 3.79 Å². The number of fused-ring (bicyclic) bond motifs is 3. The van der Waals surface area contributed by atoms with Gasteiger partial charge in [0.05, 0.1) is 0 Å². The molecule has 0 saturated heterocycles. The second-order valence-electron chi connectivity index (χ2n) is 7.61. The third-order valence-electron chi connectivity index (χ3n) is 5.61. The van der Waals surface area contributed by atoms with Gasteiger partial charge in [-0.15, -0.1) is 0 Å². The van der Waals surface area contributed by atoms with Crippen molar-refractivity contribution < 1.29 is 0 Å². The molecule has 1 aliphatic rings. The third kappa shape index (κ3) is 4.04. The van der Waals surface area contributed by atoms with E-state index >= 15 is 0 Å². The Bertz CT molecular complexity index is 1000. The highest BCUT2D eigenvalue weighted by Gasteiger charge is 2.27. The average molecular weight is 437 g/mol. The highest BCUT2D eigenvalue weighted by atomic mass is 35.6. The molecule has 0 fully saturated rings. The van der Waals surface area contributed by atoms with Crippen LogP contribution in [-0.4, -0.2) is 19.9 Å². The normalized spacial score (nSPS) is 14.5. The van der Waals surface area contributed by atoms with Gasteiger partial charge in [0.2, 0.25) is 0 Å². The lowest BCUT2D eigenvalue weighted by Crippen LogP contribution is -2.25. The lowest BCUT2D eigenvalue weighted by molar-refractivity contribution is 0.594. The summed E-state index contributed by atoms with van der Waals surface area (Å²) in [6.45, 7) is 6.90. The Hall–Kier alpha value is -1.26. The van der Waals surface area contributed by atoms with Gasteiger partial charge in [-0.25, -0.2) is 0 Å². The number of halogens is 3. The van der Waals surface area contributed by atoms with Crippen molar-refractivity contribution in [2.24, 2.45) is 0 Å². The van der Waals surface area contributed by atoms with Gasteiger partial charge in [-0.2, -0.15) is 0 Å². The van der Waals surface area contributed by atoms with Crippen molar-refractivity contribution in [3.63, 3.8) is 0 Å². The van der Waals surface area contributed by atoms with Crippen LogP contribution in [0.25, 0.3) is 10.9 Å². The van der Waals surface area contributed by atoms with Crippen LogP contribution >= 0.6 is 34.8 Å². The van der Waals surface area contributed by atoms with E-state index in [-0.39, 0.29) is 0 Å². The van der Waals surface area contributed by atoms with Gasteiger partial charge in [-0.1, -0.05) is 46.9 Å². The van der Waals surface area contributed by atoms with Crippen molar-refractivity contribution in [2.75, 3.05) is 6.54 Å². The Labute approximate surface area is 181 Å². The van der Waals surface area contributed by atoms with E-state index in [2.05, 4.69) is 46.1 Å². The van der Waals surface area contributed by atoms with Gasteiger partial charge in [0.1, 0.15) is 0 Å². The van der Waals surface area contributed by atoms with E-state index in [0.717, 1.165) is 43.7 Å². The van der Waals surface area contributed by atoms with Crippen LogP contribution in [0.2, 0.25) is 0 Å². The fourth-order valence-electron chi connectivity index (χ4n) is 4.22. The summed E-state index contributed by atoms with van der Waals surface area (Å²) in [5, 5.41) is 4.77. The van der Waals surface area contributed by atoms with Gasteiger partial charge in [-0.05, 0) is 54.7 Å². The van der Waals surface area contributed by atoms with Gasteiger partial charge in [0.25, 0.3) is 0 Å². The Morgan fingerprint density at radius 3 is 2.68 bits per heavy atom. The molecule has 3 aromatic rings. The first-order valence-electron chi connectivity index (χ1n) is 9.65. The van der Waals surface area contributed by atoms with E-state index in [1.54, 1.807) is 0 Å². The first-order valence-corrected chi connectivity index (χ1v) is 10.8. The van der Waals surface area contributed by atoms with Gasteiger partial charge < -0.3 is 9.88 Å². The molecule has 6 heteroatoms. The highest BCUT2D eigenvalue weighted by Crippen LogP contribution is 2.38. The highest BCUT2D eigenvalue weighted by molar-refractivity contribution is 6.67. The fraction of sp³-hybridized carbons (Fsp3) is 0.409. The number of alkyl halides is 3. The molecule has 3 heterocycles. The van der Waals surface area contributed by atoms with Crippen molar-refractivity contribution in [2.45, 2.75) is 50.0 Å². The maximum atomic E-state index is 6.19. The SMILES string of the molecule is Cc1ccc(CCn2c3c(c4c(CC(Cl)(Cl)Cl)c(C)ccc42)CNCC3)cn1. The van der Waals surface area contributed by atoms with Gasteiger partial charge in [-0.3, -0.25) is 4.98 Å². The van der Waals surface area contributed by atoms with Crippen molar-refractivity contribution in [1.29, 1.82) is 0 Å². The zero-order valence-electron chi connectivity index (χ0n) is 16.2. The number of nitrogens with zero attached hydrogens (tertiary/aromatic N) is 2. The molecule has 0 saturated carbocycles. The Morgan fingerprint density at radius 1 is 1.14 bits per heavy atom. The Balaban J connectivity index is 1.80. The zero-order chi connectivity index (χ0) is 19.9. The van der Waals surface area contributed by atoms with Crippen LogP contribution in [0.1, 0.15) is 33.6 Å². The molecular formula is C22H24Cl3N3. The second-order valence-corrected chi connectivity index (χ2v) is 10.1. The minimum absolute atomic E-state index is 0.416. The standard InChI is InChI=1S/C22H24Cl3N3/c1-14-3-6-20-21(17(14)11-22(23,24)25)18-13-26-9-7-19(18)28(20)10-8-16-5-4-15(2)27-12-16/h3-6,12,26H,7-11,13H2,1-2H3. The molecule has 0 amide bonds. The number of hydrogen-bond acceptors (Lipinski definition) is 2. The van der Waals surface area contributed by atoms with Crippen LogP contribution in [0, 0.1) is 13.8 Å². The summed E-state index contributed by atoms with van der Waals surface area (Å²) in [6.07, 6.45) is 4.36. The topological polar surface area (TPSA) is 29.9 Å². The first-order chi connectivity index (χ1) is 13.3. The van der Waals surface area contributed by atoms with Crippen molar-refractivity contribution >= 4 is 45.7 Å². The summed E-state index contributed by atoms with van der Waals surface area (Å²) in [5.74, 6) is 0. The lowest BCUT2D eigenvalue weighted by Gasteiger charge is -2.18. The van der Waals surface area contributed by atoms with E-state index in [1.165, 1.54) is 33.3 Å². The van der Waals surface area contributed by atoms with Gasteiger partial charge in [0, 0.05) is 61.0 Å². The Morgan fingerprint density at radius 2 is 1.96 bits per heavy atom. The molecule has 1 N–H and O–H groups in total. The summed E-state index contributed by atoms with van der Waals surface area (Å²) in [4.78, 5) is 4.43. The minimum atomic E-state index is -1.30. The molecule has 4 rings (SSSR count). The number of aromatic nitrogens is 2. The molecule has 28 heavy (non-hydrogen) atoms. The molecule has 1 aliphatic heterocycles. The van der Waals surface area contributed by atoms with E-state index in [4.69, 9.17) is 34.8 Å². The molecule has 3 nitrogen and oxygen atoms in total. The van der Waals surface area contributed by atoms with Crippen LogP contribution in [0.5, 0.6) is 0 Å². The zero-order valence-corrected chi connectivity index (χ0v) is 18.4. The van der Waals surface area contributed by atoms with Crippen LogP contribution < -0.4 is 5.32 Å². The predicted molar refractivity (Wildman–Crippen MR) is 119 cm³/mol. The quantitative estimate of drug-likeness (QED) is 0.551. The van der Waals surface area contributed by atoms with E-state index in [9.17, 15) is 0 Å². The molecule has 0 bridgehead atoms. The number of hydrogen-bond donors (Lipinski definition) is 1. The number of aryl methyl sites for hydroxylation is 4. The Kier molecular flexibility index (Phi) is 5.63. The lowest BCUT2D eigenvalue weighted by atomic mass is 9.96. The number of nitrogens with one attached hydrogen (secondary N) is 1. The van der Waals surface area contributed by atoms with Gasteiger partial charge >= 0.3 is 0 Å². The van der Waals surface area contributed by atoms with E-state index in [1.807, 2.05) is 13.1 Å². The van der Waals surface area contributed by atoms with Crippen LogP contribution in [0.4, 0.5) is 0 Å². The number of rotatable bonds is 4. The molecule has 0 radical (unpaired) electrons. The molecule has 0 spiro atoms. The van der Waals surface area contributed by atoms with Crippen LogP contribution in [0.15, 0.2) is 30.5 Å². The average Bonchev–Trinajstić information content (AvgIpc) is 2.97. The third-order valence-corrected chi connectivity index (χ3v) is 6.01. The van der Waals surface area contributed by atoms with Crippen molar-refractivity contribution in [3.8, 4) is 0 Å². The molecule has 0 atom stereocenters. The predicted octanol–water partition coefficient (Wildman–Crippen LogP) is 5.45. The van der Waals surface area contributed by atoms with Crippen LogP contribution in [0.3, 0.4) is 0 Å². The largest absolute Gasteiger partial charge is 0.344 e. The maximum Gasteiger partial charge on any atom is 0.194 e. The molecule has 0 unspecified atom stereocenters. The summed E-state index contributed by atoms with van der Waals surface area (Å²) in [6, 6.07) is 8.61. The summed E-state index contributed by atoms with van der Waals surface area (Å²) in [7, 11) is 0. The molecule has 1 aromatic carbocycles. The molecular weight excluding hydrogens is 413 g/mol. The minimum Gasteiger partial charge on any atom is -0.344 e. The van der Waals surface area contributed by atoms with E-state index in [0.29, 0.717) is 6.42 Å². The summed E-state index contributed by atoms with van der Waals surface area (Å²) < 4.78 is 1.16. The molecule has 0 aliphatic carbocycles. The fourth-order valence-corrected chi connectivity index (χ4v) is 4.62. The smallest absolute Gasteiger partial charge is 0.194 e. The van der Waals surface area contributed by atoms with Gasteiger partial charge in [0.15, 0.2) is 3.79 Å². The van der Waals surface area contributed by atoms with Crippen molar-refractivity contribution in [3.05, 3.63) is 64.1 Å².